The Morgan fingerprint density at radius 2 is 2.00 bits per heavy atom. The molecule has 0 radical (unpaired) electrons. The predicted molar refractivity (Wildman–Crippen MR) is 91.8 cm³/mol. The lowest BCUT2D eigenvalue weighted by Gasteiger charge is -2.35. The van der Waals surface area contributed by atoms with Gasteiger partial charge in [0.15, 0.2) is 0 Å². The van der Waals surface area contributed by atoms with Crippen LogP contribution in [-0.4, -0.2) is 54.4 Å². The van der Waals surface area contributed by atoms with Gasteiger partial charge in [-0.1, -0.05) is 0 Å². The molecule has 1 aliphatic heterocycles. The summed E-state index contributed by atoms with van der Waals surface area (Å²) in [6.45, 7) is 2.64. The number of furan rings is 1. The van der Waals surface area contributed by atoms with E-state index in [9.17, 15) is 9.59 Å². The average molecular weight is 393 g/mol. The molecule has 3 rings (SSSR count). The van der Waals surface area contributed by atoms with E-state index in [1.165, 1.54) is 12.5 Å². The quantitative estimate of drug-likeness (QED) is 0.852. The normalized spacial score (nSPS) is 14.5. The van der Waals surface area contributed by atoms with E-state index in [0.29, 0.717) is 18.7 Å². The van der Waals surface area contributed by atoms with Crippen molar-refractivity contribution in [1.82, 2.24) is 15.2 Å². The Labute approximate surface area is 147 Å². The minimum atomic E-state index is -0.310. The topological polar surface area (TPSA) is 78.7 Å². The maximum atomic E-state index is 12.2. The van der Waals surface area contributed by atoms with Crippen LogP contribution in [-0.2, 0) is 4.79 Å². The molecule has 2 amide bonds. The van der Waals surface area contributed by atoms with Crippen molar-refractivity contribution in [2.24, 2.45) is 0 Å². The van der Waals surface area contributed by atoms with Crippen molar-refractivity contribution < 1.29 is 14.0 Å². The largest absolute Gasteiger partial charge is 0.472 e. The van der Waals surface area contributed by atoms with E-state index in [2.05, 4.69) is 31.1 Å². The number of nitrogens with zero attached hydrogens (tertiary/aromatic N) is 3. The fourth-order valence-electron chi connectivity index (χ4n) is 2.50. The van der Waals surface area contributed by atoms with E-state index in [0.717, 1.165) is 23.4 Å². The van der Waals surface area contributed by atoms with Gasteiger partial charge in [0.25, 0.3) is 5.91 Å². The summed E-state index contributed by atoms with van der Waals surface area (Å²) in [5.41, 5.74) is 0.411. The van der Waals surface area contributed by atoms with Crippen LogP contribution < -0.4 is 10.2 Å². The molecule has 8 heteroatoms. The predicted octanol–water partition coefficient (Wildman–Crippen LogP) is 1.52. The molecule has 1 aliphatic rings. The number of anilines is 1. The summed E-state index contributed by atoms with van der Waals surface area (Å²) in [5.74, 6) is 0.503. The van der Waals surface area contributed by atoms with Crippen LogP contribution in [0.1, 0.15) is 10.4 Å². The smallest absolute Gasteiger partial charge is 0.254 e. The number of rotatable bonds is 4. The molecule has 0 aromatic carbocycles. The van der Waals surface area contributed by atoms with Gasteiger partial charge in [0.05, 0.1) is 18.4 Å². The number of carbonyl (C=O) groups is 2. The zero-order valence-corrected chi connectivity index (χ0v) is 14.5. The first-order valence-corrected chi connectivity index (χ1v) is 8.37. The second-order valence-electron chi connectivity index (χ2n) is 5.40. The number of aromatic nitrogens is 1. The van der Waals surface area contributed by atoms with Gasteiger partial charge < -0.3 is 19.5 Å². The van der Waals surface area contributed by atoms with Crippen molar-refractivity contribution in [3.05, 3.63) is 47.0 Å². The Hall–Kier alpha value is -2.35. The molecule has 3 heterocycles. The van der Waals surface area contributed by atoms with Gasteiger partial charge in [0, 0.05) is 36.8 Å². The minimum absolute atomic E-state index is 0.0133. The van der Waals surface area contributed by atoms with Gasteiger partial charge in [-0.3, -0.25) is 9.59 Å². The zero-order chi connectivity index (χ0) is 16.9. The Balaban J connectivity index is 1.46. The maximum absolute atomic E-state index is 12.2. The highest BCUT2D eigenvalue weighted by Crippen LogP contribution is 2.16. The van der Waals surface area contributed by atoms with Crippen molar-refractivity contribution >= 4 is 33.6 Å². The zero-order valence-electron chi connectivity index (χ0n) is 12.9. The SMILES string of the molecule is O=C(NCC(=O)N1CCN(c2ccc(Br)cn2)CC1)c1ccoc1. The number of halogens is 1. The Morgan fingerprint density at radius 1 is 1.21 bits per heavy atom. The van der Waals surface area contributed by atoms with Crippen LogP contribution in [0, 0.1) is 0 Å². The molecule has 7 nitrogen and oxygen atoms in total. The highest BCUT2D eigenvalue weighted by atomic mass is 79.9. The Bertz CT molecular complexity index is 695. The molecule has 1 N–H and O–H groups in total. The van der Waals surface area contributed by atoms with Crippen LogP contribution in [0.15, 0.2) is 45.8 Å². The molecule has 0 unspecified atom stereocenters. The van der Waals surface area contributed by atoms with E-state index in [-0.39, 0.29) is 18.4 Å². The third kappa shape index (κ3) is 3.94. The molecule has 2 aromatic rings. The van der Waals surface area contributed by atoms with Crippen molar-refractivity contribution in [2.45, 2.75) is 0 Å². The lowest BCUT2D eigenvalue weighted by Crippen LogP contribution is -2.51. The second-order valence-corrected chi connectivity index (χ2v) is 6.31. The average Bonchev–Trinajstić information content (AvgIpc) is 3.15. The molecule has 24 heavy (non-hydrogen) atoms. The van der Waals surface area contributed by atoms with Crippen molar-refractivity contribution in [2.75, 3.05) is 37.6 Å². The molecule has 0 aliphatic carbocycles. The molecule has 0 atom stereocenters. The Morgan fingerprint density at radius 3 is 2.62 bits per heavy atom. The summed E-state index contributed by atoms with van der Waals surface area (Å²) in [6.07, 6.45) is 4.54. The highest BCUT2D eigenvalue weighted by molar-refractivity contribution is 9.10. The lowest BCUT2D eigenvalue weighted by molar-refractivity contribution is -0.130. The molecule has 1 saturated heterocycles. The van der Waals surface area contributed by atoms with Gasteiger partial charge in [-0.05, 0) is 34.1 Å². The van der Waals surface area contributed by atoms with Gasteiger partial charge in [-0.25, -0.2) is 4.98 Å². The number of carbonyl (C=O) groups excluding carboxylic acids is 2. The van der Waals surface area contributed by atoms with Crippen LogP contribution in [0.2, 0.25) is 0 Å². The van der Waals surface area contributed by atoms with Gasteiger partial charge in [-0.2, -0.15) is 0 Å². The van der Waals surface area contributed by atoms with E-state index in [4.69, 9.17) is 4.42 Å². The molecular weight excluding hydrogens is 376 g/mol. The third-order valence-corrected chi connectivity index (χ3v) is 4.32. The number of nitrogens with one attached hydrogen (secondary N) is 1. The van der Waals surface area contributed by atoms with E-state index in [1.807, 2.05) is 12.1 Å². The third-order valence-electron chi connectivity index (χ3n) is 3.85. The molecular formula is C16H17BrN4O3. The highest BCUT2D eigenvalue weighted by Gasteiger charge is 2.22. The van der Waals surface area contributed by atoms with Crippen LogP contribution in [0.5, 0.6) is 0 Å². The van der Waals surface area contributed by atoms with Crippen molar-refractivity contribution in [1.29, 1.82) is 0 Å². The molecule has 0 spiro atoms. The van der Waals surface area contributed by atoms with Gasteiger partial charge in [-0.15, -0.1) is 0 Å². The van der Waals surface area contributed by atoms with Crippen molar-refractivity contribution in [3.63, 3.8) is 0 Å². The summed E-state index contributed by atoms with van der Waals surface area (Å²) in [4.78, 5) is 32.3. The molecule has 1 fully saturated rings. The Kier molecular flexibility index (Phi) is 5.14. The van der Waals surface area contributed by atoms with E-state index < -0.39 is 0 Å². The number of hydrogen-bond acceptors (Lipinski definition) is 5. The van der Waals surface area contributed by atoms with Crippen LogP contribution in [0.3, 0.4) is 0 Å². The maximum Gasteiger partial charge on any atom is 0.254 e. The van der Waals surface area contributed by atoms with Gasteiger partial charge >= 0.3 is 0 Å². The summed E-state index contributed by atoms with van der Waals surface area (Å²) < 4.78 is 5.79. The standard InChI is InChI=1S/C16H17BrN4O3/c17-13-1-2-14(18-9-13)20-4-6-21(7-5-20)15(22)10-19-16(23)12-3-8-24-11-12/h1-3,8-9,11H,4-7,10H2,(H,19,23). The molecule has 2 aromatic heterocycles. The summed E-state index contributed by atoms with van der Waals surface area (Å²) in [6, 6.07) is 5.46. The summed E-state index contributed by atoms with van der Waals surface area (Å²) in [7, 11) is 0. The molecule has 0 saturated carbocycles. The van der Waals surface area contributed by atoms with Crippen molar-refractivity contribution in [3.8, 4) is 0 Å². The lowest BCUT2D eigenvalue weighted by atomic mass is 10.3. The van der Waals surface area contributed by atoms with Gasteiger partial charge in [0.2, 0.25) is 5.91 Å². The molecule has 126 valence electrons. The monoisotopic (exact) mass is 392 g/mol. The summed E-state index contributed by atoms with van der Waals surface area (Å²) in [5, 5.41) is 2.61. The first-order valence-electron chi connectivity index (χ1n) is 7.58. The second kappa shape index (κ2) is 7.48. The van der Waals surface area contributed by atoms with E-state index >= 15 is 0 Å². The van der Waals surface area contributed by atoms with Crippen LogP contribution in [0.25, 0.3) is 0 Å². The first-order chi connectivity index (χ1) is 11.6. The molecule has 0 bridgehead atoms. The van der Waals surface area contributed by atoms with E-state index in [1.54, 1.807) is 17.2 Å². The number of piperazine rings is 1. The fourth-order valence-corrected chi connectivity index (χ4v) is 2.74. The fraction of sp³-hybridized carbons (Fsp3) is 0.312. The first kappa shape index (κ1) is 16.5. The summed E-state index contributed by atoms with van der Waals surface area (Å²) >= 11 is 3.37. The van der Waals surface area contributed by atoms with Gasteiger partial charge in [0.1, 0.15) is 12.1 Å². The number of amides is 2. The minimum Gasteiger partial charge on any atom is -0.472 e. The van der Waals surface area contributed by atoms with Crippen LogP contribution >= 0.6 is 15.9 Å². The van der Waals surface area contributed by atoms with Crippen LogP contribution in [0.4, 0.5) is 5.82 Å². The number of hydrogen-bond donors (Lipinski definition) is 1. The number of pyridine rings is 1.